The monoisotopic (exact) mass is 289 g/mol. The van der Waals surface area contributed by atoms with Crippen LogP contribution in [0.1, 0.15) is 12.0 Å². The third-order valence-electron chi connectivity index (χ3n) is 2.68. The molecule has 1 heterocycles. The van der Waals surface area contributed by atoms with Gasteiger partial charge in [0, 0.05) is 19.3 Å². The second-order valence-corrected chi connectivity index (χ2v) is 5.37. The fourth-order valence-corrected chi connectivity index (χ4v) is 2.44. The molecule has 1 aromatic heterocycles. The first-order valence-corrected chi connectivity index (χ1v) is 7.62. The number of hydrogen-bond acceptors (Lipinski definition) is 5. The molecule has 0 saturated heterocycles. The van der Waals surface area contributed by atoms with E-state index in [1.54, 1.807) is 16.4 Å². The first-order valence-electron chi connectivity index (χ1n) is 6.64. The Morgan fingerprint density at radius 1 is 1.30 bits per heavy atom. The van der Waals surface area contributed by atoms with E-state index in [1.165, 1.54) is 5.56 Å². The molecule has 1 aromatic carbocycles. The zero-order valence-electron chi connectivity index (χ0n) is 11.6. The lowest BCUT2D eigenvalue weighted by Crippen LogP contribution is -2.15. The summed E-state index contributed by atoms with van der Waals surface area (Å²) < 4.78 is 1.70. The molecule has 0 spiro atoms. The van der Waals surface area contributed by atoms with Gasteiger partial charge in [0.2, 0.25) is 5.16 Å². The minimum atomic E-state index is 0.869. The molecule has 2 aromatic rings. The number of nitrogens with one attached hydrogen (secondary N) is 1. The normalized spacial score (nSPS) is 11.2. The van der Waals surface area contributed by atoms with Crippen molar-refractivity contribution in [2.24, 2.45) is 7.05 Å². The van der Waals surface area contributed by atoms with Crippen LogP contribution in [0.5, 0.6) is 0 Å². The van der Waals surface area contributed by atoms with Gasteiger partial charge in [-0.1, -0.05) is 54.2 Å². The molecule has 0 aliphatic heterocycles. The molecule has 0 aliphatic carbocycles. The van der Waals surface area contributed by atoms with Crippen molar-refractivity contribution in [3.05, 3.63) is 42.0 Å². The van der Waals surface area contributed by atoms with Crippen LogP contribution in [-0.4, -0.2) is 39.0 Å². The van der Waals surface area contributed by atoms with Gasteiger partial charge in [-0.25, -0.2) is 4.68 Å². The highest BCUT2D eigenvalue weighted by Crippen LogP contribution is 2.12. The summed E-state index contributed by atoms with van der Waals surface area (Å²) in [5, 5.41) is 15.6. The predicted octanol–water partition coefficient (Wildman–Crippen LogP) is 2.00. The van der Waals surface area contributed by atoms with Crippen molar-refractivity contribution in [3.63, 3.8) is 0 Å². The maximum absolute atomic E-state index is 3.93. The van der Waals surface area contributed by atoms with E-state index in [0.717, 1.165) is 30.4 Å². The van der Waals surface area contributed by atoms with Crippen molar-refractivity contribution in [3.8, 4) is 0 Å². The number of tetrazole rings is 1. The largest absolute Gasteiger partial charge is 0.313 e. The van der Waals surface area contributed by atoms with Crippen LogP contribution in [0.2, 0.25) is 0 Å². The molecule has 0 fully saturated rings. The van der Waals surface area contributed by atoms with Gasteiger partial charge in [-0.3, -0.25) is 0 Å². The van der Waals surface area contributed by atoms with Crippen molar-refractivity contribution < 1.29 is 0 Å². The van der Waals surface area contributed by atoms with Crippen LogP contribution < -0.4 is 5.32 Å². The van der Waals surface area contributed by atoms with Gasteiger partial charge >= 0.3 is 0 Å². The summed E-state index contributed by atoms with van der Waals surface area (Å²) in [6.07, 6.45) is 5.37. The van der Waals surface area contributed by atoms with E-state index < -0.39 is 0 Å². The highest BCUT2D eigenvalue weighted by Gasteiger charge is 2.01. The van der Waals surface area contributed by atoms with E-state index >= 15 is 0 Å². The zero-order chi connectivity index (χ0) is 14.0. The van der Waals surface area contributed by atoms with Crippen LogP contribution in [0.3, 0.4) is 0 Å². The van der Waals surface area contributed by atoms with Crippen LogP contribution in [0.25, 0.3) is 6.08 Å². The van der Waals surface area contributed by atoms with Gasteiger partial charge in [0.05, 0.1) is 0 Å². The number of aryl methyl sites for hydroxylation is 1. The molecule has 0 bridgehead atoms. The lowest BCUT2D eigenvalue weighted by atomic mass is 10.2. The first-order chi connectivity index (χ1) is 9.86. The molecule has 2 rings (SSSR count). The van der Waals surface area contributed by atoms with Crippen LogP contribution >= 0.6 is 11.8 Å². The van der Waals surface area contributed by atoms with Crippen molar-refractivity contribution in [2.45, 2.75) is 11.6 Å². The summed E-state index contributed by atoms with van der Waals surface area (Å²) in [6, 6.07) is 10.3. The van der Waals surface area contributed by atoms with Gasteiger partial charge < -0.3 is 5.32 Å². The van der Waals surface area contributed by atoms with Gasteiger partial charge in [-0.15, -0.1) is 5.10 Å². The molecular weight excluding hydrogens is 270 g/mol. The molecule has 20 heavy (non-hydrogen) atoms. The summed E-state index contributed by atoms with van der Waals surface area (Å²) in [5.41, 5.74) is 1.24. The van der Waals surface area contributed by atoms with E-state index in [2.05, 4.69) is 45.1 Å². The summed E-state index contributed by atoms with van der Waals surface area (Å²) in [6.45, 7) is 1.89. The molecular formula is C14H19N5S. The first kappa shape index (κ1) is 14.7. The molecule has 6 heteroatoms. The Labute approximate surface area is 123 Å². The van der Waals surface area contributed by atoms with Crippen molar-refractivity contribution in [2.75, 3.05) is 18.8 Å². The average molecular weight is 289 g/mol. The number of benzene rings is 1. The molecule has 0 aliphatic rings. The second-order valence-electron chi connectivity index (χ2n) is 4.30. The van der Waals surface area contributed by atoms with E-state index in [-0.39, 0.29) is 0 Å². The fourth-order valence-electron chi connectivity index (χ4n) is 1.65. The fraction of sp³-hybridized carbons (Fsp3) is 0.357. The highest BCUT2D eigenvalue weighted by molar-refractivity contribution is 7.99. The van der Waals surface area contributed by atoms with Gasteiger partial charge in [0.25, 0.3) is 0 Å². The molecule has 106 valence electrons. The Morgan fingerprint density at radius 2 is 2.15 bits per heavy atom. The molecule has 5 nitrogen and oxygen atoms in total. The van der Waals surface area contributed by atoms with Gasteiger partial charge in [0.1, 0.15) is 0 Å². The minimum Gasteiger partial charge on any atom is -0.313 e. The predicted molar refractivity (Wildman–Crippen MR) is 82.5 cm³/mol. The third-order valence-corrected chi connectivity index (χ3v) is 3.78. The average Bonchev–Trinajstić information content (AvgIpc) is 2.88. The summed E-state index contributed by atoms with van der Waals surface area (Å²) in [4.78, 5) is 0. The Bertz CT molecular complexity index is 523. The number of hydrogen-bond donors (Lipinski definition) is 1. The summed E-state index contributed by atoms with van der Waals surface area (Å²) in [7, 11) is 1.86. The summed E-state index contributed by atoms with van der Waals surface area (Å²) in [5.74, 6) is 1.02. The number of nitrogens with zero attached hydrogens (tertiary/aromatic N) is 4. The molecule has 0 unspecified atom stereocenters. The third kappa shape index (κ3) is 5.14. The Morgan fingerprint density at radius 3 is 2.90 bits per heavy atom. The summed E-state index contributed by atoms with van der Waals surface area (Å²) >= 11 is 1.68. The zero-order valence-corrected chi connectivity index (χ0v) is 12.4. The van der Waals surface area contributed by atoms with Gasteiger partial charge in [0.15, 0.2) is 0 Å². The quantitative estimate of drug-likeness (QED) is 0.595. The standard InChI is InChI=1S/C14H19N5S/c1-19-14(16-17-18-19)20-12-6-11-15-10-5-9-13-7-3-2-4-8-13/h2-5,7-9,15H,6,10-12H2,1H3/b9-5+. The Hall–Kier alpha value is -1.66. The lowest BCUT2D eigenvalue weighted by molar-refractivity contribution is 0.663. The maximum atomic E-state index is 3.93. The van der Waals surface area contributed by atoms with Gasteiger partial charge in [-0.2, -0.15) is 0 Å². The highest BCUT2D eigenvalue weighted by atomic mass is 32.2. The Kier molecular flexibility index (Phi) is 6.26. The van der Waals surface area contributed by atoms with Crippen molar-refractivity contribution in [1.29, 1.82) is 0 Å². The SMILES string of the molecule is Cn1nnnc1SCCCNC/C=C/c1ccccc1. The number of aromatic nitrogens is 4. The van der Waals surface area contributed by atoms with Gasteiger partial charge in [-0.05, 0) is 29.0 Å². The van der Waals surface area contributed by atoms with E-state index in [0.29, 0.717) is 0 Å². The van der Waals surface area contributed by atoms with Crippen LogP contribution in [0.15, 0.2) is 41.6 Å². The van der Waals surface area contributed by atoms with E-state index in [1.807, 2.05) is 25.2 Å². The molecule has 0 saturated carbocycles. The number of rotatable bonds is 8. The topological polar surface area (TPSA) is 55.6 Å². The van der Waals surface area contributed by atoms with Crippen LogP contribution in [0.4, 0.5) is 0 Å². The smallest absolute Gasteiger partial charge is 0.209 e. The van der Waals surface area contributed by atoms with E-state index in [9.17, 15) is 0 Å². The van der Waals surface area contributed by atoms with Crippen molar-refractivity contribution >= 4 is 17.8 Å². The number of thioether (sulfide) groups is 1. The van der Waals surface area contributed by atoms with Crippen LogP contribution in [-0.2, 0) is 7.05 Å². The molecule has 0 amide bonds. The van der Waals surface area contributed by atoms with Crippen molar-refractivity contribution in [1.82, 2.24) is 25.5 Å². The lowest BCUT2D eigenvalue weighted by Gasteiger charge is -2.01. The second kappa shape index (κ2) is 8.50. The van der Waals surface area contributed by atoms with Crippen LogP contribution in [0, 0.1) is 0 Å². The minimum absolute atomic E-state index is 0.869. The maximum Gasteiger partial charge on any atom is 0.209 e. The molecule has 0 atom stereocenters. The Balaban J connectivity index is 1.52. The molecule has 0 radical (unpaired) electrons. The van der Waals surface area contributed by atoms with E-state index in [4.69, 9.17) is 0 Å². The molecule has 1 N–H and O–H groups in total.